The van der Waals surface area contributed by atoms with Crippen LogP contribution in [0.4, 0.5) is 5.00 Å². The minimum atomic E-state index is -0.342. The first kappa shape index (κ1) is 9.06. The van der Waals surface area contributed by atoms with Gasteiger partial charge in [0, 0.05) is 0 Å². The van der Waals surface area contributed by atoms with Crippen molar-refractivity contribution in [2.45, 2.75) is 13.3 Å². The molecular formula is C8H11NO2S. The van der Waals surface area contributed by atoms with Crippen LogP contribution in [0.5, 0.6) is 0 Å². The third-order valence-corrected chi connectivity index (χ3v) is 2.53. The Bertz CT molecular complexity index is 293. The number of carbonyl (C=O) groups is 1. The lowest BCUT2D eigenvalue weighted by molar-refractivity contribution is 0.0601. The van der Waals surface area contributed by atoms with Crippen molar-refractivity contribution in [2.75, 3.05) is 12.8 Å². The maximum atomic E-state index is 11.2. The van der Waals surface area contributed by atoms with E-state index in [1.807, 2.05) is 12.3 Å². The third kappa shape index (κ3) is 1.43. The fourth-order valence-corrected chi connectivity index (χ4v) is 1.89. The molecule has 0 aliphatic carbocycles. The maximum Gasteiger partial charge on any atom is 0.341 e. The molecule has 0 bridgehead atoms. The van der Waals surface area contributed by atoms with E-state index in [1.165, 1.54) is 18.4 Å². The van der Waals surface area contributed by atoms with Gasteiger partial charge in [-0.2, -0.15) is 0 Å². The van der Waals surface area contributed by atoms with Crippen molar-refractivity contribution in [3.63, 3.8) is 0 Å². The summed E-state index contributed by atoms with van der Waals surface area (Å²) in [5.41, 5.74) is 7.11. The topological polar surface area (TPSA) is 52.3 Å². The molecule has 0 radical (unpaired) electrons. The molecule has 0 unspecified atom stereocenters. The smallest absolute Gasteiger partial charge is 0.341 e. The second-order valence-electron chi connectivity index (χ2n) is 2.35. The monoisotopic (exact) mass is 185 g/mol. The molecular weight excluding hydrogens is 174 g/mol. The summed E-state index contributed by atoms with van der Waals surface area (Å²) < 4.78 is 4.61. The largest absolute Gasteiger partial charge is 0.465 e. The first-order valence-corrected chi connectivity index (χ1v) is 4.52. The number of nitrogen functional groups attached to an aromatic ring is 1. The normalized spacial score (nSPS) is 9.83. The van der Waals surface area contributed by atoms with Crippen LogP contribution in [0.25, 0.3) is 0 Å². The molecule has 0 aliphatic rings. The average Bonchev–Trinajstić information content (AvgIpc) is 2.45. The predicted octanol–water partition coefficient (Wildman–Crippen LogP) is 1.68. The molecule has 3 nitrogen and oxygen atoms in total. The number of carbonyl (C=O) groups excluding carboxylic acids is 1. The van der Waals surface area contributed by atoms with Gasteiger partial charge >= 0.3 is 5.97 Å². The van der Waals surface area contributed by atoms with E-state index in [0.717, 1.165) is 12.0 Å². The second-order valence-corrected chi connectivity index (χ2v) is 3.26. The van der Waals surface area contributed by atoms with Crippen LogP contribution in [0.1, 0.15) is 22.8 Å². The van der Waals surface area contributed by atoms with Crippen LogP contribution in [0.3, 0.4) is 0 Å². The maximum absolute atomic E-state index is 11.2. The van der Waals surface area contributed by atoms with Crippen molar-refractivity contribution in [3.05, 3.63) is 16.5 Å². The Kier molecular flexibility index (Phi) is 2.70. The number of anilines is 1. The van der Waals surface area contributed by atoms with Crippen LogP contribution in [-0.4, -0.2) is 13.1 Å². The molecule has 1 aromatic heterocycles. The molecule has 0 spiro atoms. The number of rotatable bonds is 2. The number of methoxy groups -OCH3 is 1. The van der Waals surface area contributed by atoms with Gasteiger partial charge in [0.1, 0.15) is 5.00 Å². The van der Waals surface area contributed by atoms with E-state index in [9.17, 15) is 4.79 Å². The Hall–Kier alpha value is -1.03. The van der Waals surface area contributed by atoms with Gasteiger partial charge in [-0.3, -0.25) is 0 Å². The molecule has 0 saturated carbocycles. The summed E-state index contributed by atoms with van der Waals surface area (Å²) >= 11 is 1.38. The van der Waals surface area contributed by atoms with Crippen molar-refractivity contribution in [3.8, 4) is 0 Å². The molecule has 2 N–H and O–H groups in total. The Balaban J connectivity index is 3.10. The van der Waals surface area contributed by atoms with Gasteiger partial charge in [-0.1, -0.05) is 6.92 Å². The zero-order valence-corrected chi connectivity index (χ0v) is 7.90. The average molecular weight is 185 g/mol. The predicted molar refractivity (Wildman–Crippen MR) is 49.4 cm³/mol. The summed E-state index contributed by atoms with van der Waals surface area (Å²) in [6.07, 6.45) is 0.804. The van der Waals surface area contributed by atoms with Crippen LogP contribution in [-0.2, 0) is 11.2 Å². The third-order valence-electron chi connectivity index (χ3n) is 1.67. The zero-order chi connectivity index (χ0) is 9.14. The fourth-order valence-electron chi connectivity index (χ4n) is 1.00. The standard InChI is InChI=1S/C8H11NO2S/c1-3-5-4-12-7(9)6(5)8(10)11-2/h4H,3,9H2,1-2H3. The van der Waals surface area contributed by atoms with Crippen LogP contribution < -0.4 is 5.73 Å². The summed E-state index contributed by atoms with van der Waals surface area (Å²) in [7, 11) is 1.36. The summed E-state index contributed by atoms with van der Waals surface area (Å²) in [6, 6.07) is 0. The molecule has 4 heteroatoms. The van der Waals surface area contributed by atoms with Gasteiger partial charge < -0.3 is 10.5 Å². The number of hydrogen-bond donors (Lipinski definition) is 1. The highest BCUT2D eigenvalue weighted by Crippen LogP contribution is 2.25. The van der Waals surface area contributed by atoms with E-state index < -0.39 is 0 Å². The number of thiophene rings is 1. The van der Waals surface area contributed by atoms with Crippen molar-refractivity contribution in [1.82, 2.24) is 0 Å². The molecule has 1 aromatic rings. The number of esters is 1. The summed E-state index contributed by atoms with van der Waals surface area (Å²) in [5, 5.41) is 2.43. The molecule has 0 amide bonds. The van der Waals surface area contributed by atoms with E-state index in [0.29, 0.717) is 10.6 Å². The molecule has 1 rings (SSSR count). The summed E-state index contributed by atoms with van der Waals surface area (Å²) in [4.78, 5) is 11.2. The first-order valence-electron chi connectivity index (χ1n) is 3.64. The van der Waals surface area contributed by atoms with E-state index >= 15 is 0 Å². The molecule has 12 heavy (non-hydrogen) atoms. The number of ether oxygens (including phenoxy) is 1. The summed E-state index contributed by atoms with van der Waals surface area (Å²) in [5.74, 6) is -0.342. The Morgan fingerprint density at radius 1 is 1.75 bits per heavy atom. The molecule has 66 valence electrons. The Morgan fingerprint density at radius 3 is 2.92 bits per heavy atom. The zero-order valence-electron chi connectivity index (χ0n) is 7.09. The van der Waals surface area contributed by atoms with E-state index in [1.54, 1.807) is 0 Å². The van der Waals surface area contributed by atoms with Gasteiger partial charge in [0.05, 0.1) is 12.7 Å². The minimum Gasteiger partial charge on any atom is -0.465 e. The quantitative estimate of drug-likeness (QED) is 0.713. The highest BCUT2D eigenvalue weighted by atomic mass is 32.1. The molecule has 0 saturated heterocycles. The second kappa shape index (κ2) is 3.58. The summed E-state index contributed by atoms with van der Waals surface area (Å²) in [6.45, 7) is 1.98. The SMILES string of the molecule is CCc1csc(N)c1C(=O)OC. The van der Waals surface area contributed by atoms with E-state index in [4.69, 9.17) is 5.73 Å². The number of nitrogens with two attached hydrogens (primary N) is 1. The van der Waals surface area contributed by atoms with Crippen LogP contribution >= 0.6 is 11.3 Å². The Labute approximate surface area is 75.1 Å². The van der Waals surface area contributed by atoms with Gasteiger partial charge in [0.2, 0.25) is 0 Å². The van der Waals surface area contributed by atoms with Crippen molar-refractivity contribution in [2.24, 2.45) is 0 Å². The number of hydrogen-bond acceptors (Lipinski definition) is 4. The highest BCUT2D eigenvalue weighted by Gasteiger charge is 2.15. The fraction of sp³-hybridized carbons (Fsp3) is 0.375. The van der Waals surface area contributed by atoms with Gasteiger partial charge in [-0.05, 0) is 17.4 Å². The minimum absolute atomic E-state index is 0.342. The van der Waals surface area contributed by atoms with Crippen molar-refractivity contribution in [1.29, 1.82) is 0 Å². The molecule has 0 fully saturated rings. The van der Waals surface area contributed by atoms with Crippen LogP contribution in [0.15, 0.2) is 5.38 Å². The van der Waals surface area contributed by atoms with Crippen molar-refractivity contribution < 1.29 is 9.53 Å². The molecule has 0 aromatic carbocycles. The van der Waals surface area contributed by atoms with Crippen LogP contribution in [0.2, 0.25) is 0 Å². The lowest BCUT2D eigenvalue weighted by Gasteiger charge is -1.99. The van der Waals surface area contributed by atoms with E-state index in [-0.39, 0.29) is 5.97 Å². The van der Waals surface area contributed by atoms with E-state index in [2.05, 4.69) is 4.74 Å². The molecule has 0 atom stereocenters. The molecule has 0 aliphatic heterocycles. The highest BCUT2D eigenvalue weighted by molar-refractivity contribution is 7.14. The van der Waals surface area contributed by atoms with Crippen LogP contribution in [0, 0.1) is 0 Å². The van der Waals surface area contributed by atoms with Gasteiger partial charge in [-0.15, -0.1) is 11.3 Å². The Morgan fingerprint density at radius 2 is 2.42 bits per heavy atom. The van der Waals surface area contributed by atoms with Gasteiger partial charge in [-0.25, -0.2) is 4.79 Å². The van der Waals surface area contributed by atoms with Gasteiger partial charge in [0.25, 0.3) is 0 Å². The van der Waals surface area contributed by atoms with Gasteiger partial charge in [0.15, 0.2) is 0 Å². The molecule has 1 heterocycles. The van der Waals surface area contributed by atoms with Crippen molar-refractivity contribution >= 4 is 22.3 Å². The lowest BCUT2D eigenvalue weighted by Crippen LogP contribution is -2.05. The number of aryl methyl sites for hydroxylation is 1. The lowest BCUT2D eigenvalue weighted by atomic mass is 10.1. The first-order chi connectivity index (χ1) is 5.70.